The van der Waals surface area contributed by atoms with E-state index in [0.29, 0.717) is 12.5 Å². The molecule has 0 spiro atoms. The van der Waals surface area contributed by atoms with Gasteiger partial charge in [0, 0.05) is 6.04 Å². The van der Waals surface area contributed by atoms with E-state index in [9.17, 15) is 4.39 Å². The van der Waals surface area contributed by atoms with Crippen molar-refractivity contribution in [2.75, 3.05) is 13.2 Å². The van der Waals surface area contributed by atoms with Gasteiger partial charge in [-0.05, 0) is 25.8 Å². The van der Waals surface area contributed by atoms with Gasteiger partial charge in [-0.15, -0.1) is 0 Å². The molecule has 10 heavy (non-hydrogen) atoms. The smallest absolute Gasteiger partial charge is 0.0906 e. The highest BCUT2D eigenvalue weighted by Crippen LogP contribution is 2.18. The number of halogens is 1. The summed E-state index contributed by atoms with van der Waals surface area (Å²) in [6.07, 6.45) is 2.16. The van der Waals surface area contributed by atoms with Gasteiger partial charge < -0.3 is 10.4 Å². The summed E-state index contributed by atoms with van der Waals surface area (Å²) in [5.41, 5.74) is 0. The Hall–Kier alpha value is -0.150. The van der Waals surface area contributed by atoms with Crippen LogP contribution in [0.15, 0.2) is 0 Å². The van der Waals surface area contributed by atoms with E-state index < -0.39 is 0 Å². The SMILES string of the molecule is OC1CC(NCCCF)C1. The second-order valence-corrected chi connectivity index (χ2v) is 2.82. The van der Waals surface area contributed by atoms with Gasteiger partial charge in [-0.1, -0.05) is 0 Å². The zero-order valence-corrected chi connectivity index (χ0v) is 6.02. The number of aliphatic hydroxyl groups is 1. The van der Waals surface area contributed by atoms with Crippen molar-refractivity contribution in [2.24, 2.45) is 0 Å². The lowest BCUT2D eigenvalue weighted by atomic mass is 9.89. The lowest BCUT2D eigenvalue weighted by molar-refractivity contribution is 0.0625. The lowest BCUT2D eigenvalue weighted by Gasteiger charge is -2.32. The predicted molar refractivity (Wildman–Crippen MR) is 37.6 cm³/mol. The molecule has 0 atom stereocenters. The van der Waals surface area contributed by atoms with Crippen molar-refractivity contribution in [3.63, 3.8) is 0 Å². The first-order valence-electron chi connectivity index (χ1n) is 3.80. The summed E-state index contributed by atoms with van der Waals surface area (Å²) in [4.78, 5) is 0. The minimum Gasteiger partial charge on any atom is -0.393 e. The van der Waals surface area contributed by atoms with Crippen LogP contribution in [0.2, 0.25) is 0 Å². The van der Waals surface area contributed by atoms with Gasteiger partial charge in [0.05, 0.1) is 12.8 Å². The zero-order chi connectivity index (χ0) is 7.40. The molecule has 0 amide bonds. The highest BCUT2D eigenvalue weighted by atomic mass is 19.1. The Labute approximate surface area is 60.4 Å². The molecule has 0 saturated heterocycles. The largest absolute Gasteiger partial charge is 0.393 e. The van der Waals surface area contributed by atoms with Crippen molar-refractivity contribution in [1.82, 2.24) is 5.32 Å². The topological polar surface area (TPSA) is 32.3 Å². The summed E-state index contributed by atoms with van der Waals surface area (Å²) in [5, 5.41) is 12.0. The fourth-order valence-corrected chi connectivity index (χ4v) is 1.13. The standard InChI is InChI=1S/C7H14FNO/c8-2-1-3-9-6-4-7(10)5-6/h6-7,9-10H,1-5H2. The van der Waals surface area contributed by atoms with E-state index in [-0.39, 0.29) is 12.8 Å². The van der Waals surface area contributed by atoms with Gasteiger partial charge in [0.25, 0.3) is 0 Å². The molecule has 2 N–H and O–H groups in total. The van der Waals surface area contributed by atoms with Crippen LogP contribution in [0.3, 0.4) is 0 Å². The molecule has 0 aromatic carbocycles. The number of rotatable bonds is 4. The average Bonchev–Trinajstić information content (AvgIpc) is 1.85. The van der Waals surface area contributed by atoms with Crippen LogP contribution < -0.4 is 5.32 Å². The van der Waals surface area contributed by atoms with E-state index in [2.05, 4.69) is 5.32 Å². The van der Waals surface area contributed by atoms with E-state index in [1.54, 1.807) is 0 Å². The molecule has 0 aliphatic heterocycles. The maximum atomic E-state index is 11.6. The molecular formula is C7H14FNO. The van der Waals surface area contributed by atoms with E-state index >= 15 is 0 Å². The van der Waals surface area contributed by atoms with Gasteiger partial charge in [-0.3, -0.25) is 4.39 Å². The minimum atomic E-state index is -0.248. The van der Waals surface area contributed by atoms with E-state index in [0.717, 1.165) is 19.4 Å². The Morgan fingerprint density at radius 3 is 2.70 bits per heavy atom. The number of nitrogens with one attached hydrogen (secondary N) is 1. The zero-order valence-electron chi connectivity index (χ0n) is 6.02. The van der Waals surface area contributed by atoms with Crippen molar-refractivity contribution in [1.29, 1.82) is 0 Å². The van der Waals surface area contributed by atoms with Gasteiger partial charge >= 0.3 is 0 Å². The van der Waals surface area contributed by atoms with Gasteiger partial charge in [0.1, 0.15) is 0 Å². The van der Waals surface area contributed by atoms with Crippen LogP contribution in [-0.4, -0.2) is 30.5 Å². The number of hydrogen-bond donors (Lipinski definition) is 2. The van der Waals surface area contributed by atoms with E-state index in [1.807, 2.05) is 0 Å². The normalized spacial score (nSPS) is 31.8. The molecule has 0 radical (unpaired) electrons. The Kier molecular flexibility index (Phi) is 3.09. The molecule has 1 aliphatic carbocycles. The predicted octanol–water partition coefficient (Wildman–Crippen LogP) is 0.459. The van der Waals surface area contributed by atoms with Crippen LogP contribution in [-0.2, 0) is 0 Å². The Morgan fingerprint density at radius 2 is 2.20 bits per heavy atom. The maximum absolute atomic E-state index is 11.6. The second-order valence-electron chi connectivity index (χ2n) is 2.82. The highest BCUT2D eigenvalue weighted by Gasteiger charge is 2.25. The monoisotopic (exact) mass is 147 g/mol. The average molecular weight is 147 g/mol. The van der Waals surface area contributed by atoms with Crippen LogP contribution in [0.25, 0.3) is 0 Å². The van der Waals surface area contributed by atoms with Crippen LogP contribution in [0.1, 0.15) is 19.3 Å². The van der Waals surface area contributed by atoms with Crippen molar-refractivity contribution in [2.45, 2.75) is 31.4 Å². The first-order chi connectivity index (χ1) is 4.83. The molecule has 0 unspecified atom stereocenters. The van der Waals surface area contributed by atoms with Gasteiger partial charge in [0.15, 0.2) is 0 Å². The third-order valence-corrected chi connectivity index (χ3v) is 1.86. The maximum Gasteiger partial charge on any atom is 0.0906 e. The van der Waals surface area contributed by atoms with Crippen molar-refractivity contribution in [3.8, 4) is 0 Å². The lowest BCUT2D eigenvalue weighted by Crippen LogP contribution is -2.44. The van der Waals surface area contributed by atoms with Crippen LogP contribution in [0, 0.1) is 0 Å². The Bertz CT molecular complexity index is 93.6. The molecule has 3 heteroatoms. The first-order valence-corrected chi connectivity index (χ1v) is 3.80. The molecule has 1 aliphatic rings. The fraction of sp³-hybridized carbons (Fsp3) is 1.00. The number of aliphatic hydroxyl groups excluding tert-OH is 1. The molecule has 0 aromatic heterocycles. The van der Waals surface area contributed by atoms with Crippen molar-refractivity contribution < 1.29 is 9.50 Å². The van der Waals surface area contributed by atoms with E-state index in [4.69, 9.17) is 5.11 Å². The summed E-state index contributed by atoms with van der Waals surface area (Å²) in [6, 6.07) is 0.446. The van der Waals surface area contributed by atoms with Crippen LogP contribution >= 0.6 is 0 Å². The third kappa shape index (κ3) is 2.23. The van der Waals surface area contributed by atoms with Crippen LogP contribution in [0.5, 0.6) is 0 Å². The summed E-state index contributed by atoms with van der Waals surface area (Å²) in [7, 11) is 0. The van der Waals surface area contributed by atoms with Crippen LogP contribution in [0.4, 0.5) is 4.39 Å². The van der Waals surface area contributed by atoms with Gasteiger partial charge in [-0.2, -0.15) is 0 Å². The molecule has 1 rings (SSSR count). The quantitative estimate of drug-likeness (QED) is 0.566. The molecule has 0 bridgehead atoms. The molecular weight excluding hydrogens is 133 g/mol. The first kappa shape index (κ1) is 7.95. The molecule has 2 nitrogen and oxygen atoms in total. The molecule has 0 heterocycles. The molecule has 60 valence electrons. The number of hydrogen-bond acceptors (Lipinski definition) is 2. The summed E-state index contributed by atoms with van der Waals surface area (Å²) < 4.78 is 11.6. The fourth-order valence-electron chi connectivity index (χ4n) is 1.13. The summed E-state index contributed by atoms with van der Waals surface area (Å²) >= 11 is 0. The van der Waals surface area contributed by atoms with Gasteiger partial charge in [-0.25, -0.2) is 0 Å². The Balaban J connectivity index is 1.86. The second kappa shape index (κ2) is 3.88. The minimum absolute atomic E-state index is 0.108. The number of alkyl halides is 1. The molecule has 1 saturated carbocycles. The Morgan fingerprint density at radius 1 is 1.50 bits per heavy atom. The van der Waals surface area contributed by atoms with Crippen molar-refractivity contribution in [3.05, 3.63) is 0 Å². The van der Waals surface area contributed by atoms with Gasteiger partial charge in [0.2, 0.25) is 0 Å². The molecule has 0 aromatic rings. The summed E-state index contributed by atoms with van der Waals surface area (Å²) in [6.45, 7) is 0.496. The van der Waals surface area contributed by atoms with E-state index in [1.165, 1.54) is 0 Å². The third-order valence-electron chi connectivity index (χ3n) is 1.86. The highest BCUT2D eigenvalue weighted by molar-refractivity contribution is 4.84. The molecule has 1 fully saturated rings. The summed E-state index contributed by atoms with van der Waals surface area (Å²) in [5.74, 6) is 0. The van der Waals surface area contributed by atoms with Crippen molar-refractivity contribution >= 4 is 0 Å².